The minimum atomic E-state index is -0.730. The van der Waals surface area contributed by atoms with Crippen molar-refractivity contribution in [1.29, 1.82) is 0 Å². The normalized spacial score (nSPS) is 24.5. The fourth-order valence-corrected chi connectivity index (χ4v) is 3.64. The third-order valence-corrected chi connectivity index (χ3v) is 5.00. The van der Waals surface area contributed by atoms with E-state index in [4.69, 9.17) is 5.73 Å². The van der Waals surface area contributed by atoms with Gasteiger partial charge < -0.3 is 21.5 Å². The topological polar surface area (TPSA) is 98.3 Å². The smallest absolute Gasteiger partial charge is 0.210 e. The quantitative estimate of drug-likeness (QED) is 0.589. The van der Waals surface area contributed by atoms with Crippen molar-refractivity contribution in [1.82, 2.24) is 10.2 Å². The van der Waals surface area contributed by atoms with Crippen LogP contribution in [-0.2, 0) is 0 Å². The van der Waals surface area contributed by atoms with E-state index < -0.39 is 11.6 Å². The molecule has 0 bridgehead atoms. The van der Waals surface area contributed by atoms with E-state index in [9.17, 15) is 13.9 Å². The highest BCUT2D eigenvalue weighted by Crippen LogP contribution is 2.30. The number of anilines is 1. The van der Waals surface area contributed by atoms with Crippen LogP contribution in [0.1, 0.15) is 39.5 Å². The number of hydrogen-bond donors (Lipinski definition) is 4. The molecule has 1 aliphatic heterocycles. The molecule has 0 saturated heterocycles. The molecule has 30 heavy (non-hydrogen) atoms. The Balaban J connectivity index is 1.99. The highest BCUT2D eigenvalue weighted by atomic mass is 19.1. The molecule has 1 heterocycles. The van der Waals surface area contributed by atoms with Gasteiger partial charge in [-0.05, 0) is 51.7 Å². The first-order valence-corrected chi connectivity index (χ1v) is 10.0. The monoisotopic (exact) mass is 418 g/mol. The summed E-state index contributed by atoms with van der Waals surface area (Å²) in [4.78, 5) is 10.8. The molecule has 0 spiro atoms. The second kappa shape index (κ2) is 9.25. The van der Waals surface area contributed by atoms with E-state index in [2.05, 4.69) is 27.2 Å². The maximum Gasteiger partial charge on any atom is 0.210 e. The molecule has 1 aromatic rings. The van der Waals surface area contributed by atoms with Crippen LogP contribution in [0.15, 0.2) is 52.5 Å². The minimum Gasteiger partial charge on any atom is -0.403 e. The molecular weight excluding hydrogens is 390 g/mol. The molecule has 1 aliphatic carbocycles. The second-order valence-corrected chi connectivity index (χ2v) is 7.72. The van der Waals surface area contributed by atoms with Gasteiger partial charge in [-0.1, -0.05) is 12.6 Å². The van der Waals surface area contributed by atoms with E-state index in [1.165, 1.54) is 24.4 Å². The largest absolute Gasteiger partial charge is 0.403 e. The average molecular weight is 418 g/mol. The lowest BCUT2D eigenvalue weighted by Crippen LogP contribution is -2.47. The van der Waals surface area contributed by atoms with Crippen LogP contribution in [0.5, 0.6) is 0 Å². The number of halogens is 2. The summed E-state index contributed by atoms with van der Waals surface area (Å²) < 4.78 is 28.5. The Labute approximate surface area is 175 Å². The van der Waals surface area contributed by atoms with Crippen LogP contribution < -0.4 is 16.4 Å². The molecule has 0 aromatic heterocycles. The number of benzene rings is 1. The molecule has 7 nitrogen and oxygen atoms in total. The minimum absolute atomic E-state index is 0.0717. The number of rotatable bonds is 5. The Bertz CT molecular complexity index is 867. The third kappa shape index (κ3) is 4.79. The van der Waals surface area contributed by atoms with E-state index in [0.29, 0.717) is 43.0 Å². The van der Waals surface area contributed by atoms with E-state index >= 15 is 0 Å². The van der Waals surface area contributed by atoms with Gasteiger partial charge in [0.2, 0.25) is 5.96 Å². The van der Waals surface area contributed by atoms with Crippen molar-refractivity contribution in [2.75, 3.05) is 5.32 Å². The maximum absolute atomic E-state index is 14.3. The van der Waals surface area contributed by atoms with Gasteiger partial charge in [0.25, 0.3) is 0 Å². The standard InChI is InChI=1S/C21H28F2N6O/c1-12(2)25-13(3)26-20-18(11-24)27-21(28-19-16(22)5-4-6-17(19)23)29(20)14-7-9-15(30)10-8-14/h4-6,11-12,14-15,25,30H,3,7-10,24H2,1-2H3,(H,27,28)/b18-11+,26-20+/t14-,15+. The number of aliphatic imine (C=N–C) groups is 2. The first kappa shape index (κ1) is 21.8. The van der Waals surface area contributed by atoms with Crippen molar-refractivity contribution in [3.8, 4) is 0 Å². The number of nitrogens with two attached hydrogens (primary N) is 1. The van der Waals surface area contributed by atoms with Crippen LogP contribution in [0.25, 0.3) is 0 Å². The zero-order valence-electron chi connectivity index (χ0n) is 17.2. The summed E-state index contributed by atoms with van der Waals surface area (Å²) in [7, 11) is 0. The van der Waals surface area contributed by atoms with Crippen molar-refractivity contribution in [3.05, 3.63) is 54.1 Å². The molecule has 9 heteroatoms. The number of aliphatic hydroxyl groups excluding tert-OH is 1. The highest BCUT2D eigenvalue weighted by Gasteiger charge is 2.37. The lowest BCUT2D eigenvalue weighted by Gasteiger charge is -2.35. The van der Waals surface area contributed by atoms with E-state index in [0.717, 1.165) is 0 Å². The first-order valence-electron chi connectivity index (χ1n) is 10.0. The van der Waals surface area contributed by atoms with Gasteiger partial charge in [0, 0.05) is 18.3 Å². The van der Waals surface area contributed by atoms with E-state index in [-0.39, 0.29) is 29.8 Å². The lowest BCUT2D eigenvalue weighted by molar-refractivity contribution is 0.109. The number of para-hydroxylation sites is 1. The van der Waals surface area contributed by atoms with Crippen LogP contribution in [0.4, 0.5) is 14.5 Å². The summed E-state index contributed by atoms with van der Waals surface area (Å²) in [6.07, 6.45) is 3.51. The average Bonchev–Trinajstić information content (AvgIpc) is 3.02. The van der Waals surface area contributed by atoms with Gasteiger partial charge >= 0.3 is 0 Å². The first-order chi connectivity index (χ1) is 14.3. The van der Waals surface area contributed by atoms with E-state index in [1.807, 2.05) is 13.8 Å². The summed E-state index contributed by atoms with van der Waals surface area (Å²) in [6, 6.07) is 3.69. The molecule has 0 radical (unpaired) electrons. The molecule has 5 N–H and O–H groups in total. The Hall–Kier alpha value is -2.94. The second-order valence-electron chi connectivity index (χ2n) is 7.72. The zero-order valence-corrected chi connectivity index (χ0v) is 17.2. The van der Waals surface area contributed by atoms with Gasteiger partial charge in [0.15, 0.2) is 5.84 Å². The predicted molar refractivity (Wildman–Crippen MR) is 115 cm³/mol. The van der Waals surface area contributed by atoms with Crippen LogP contribution >= 0.6 is 0 Å². The molecule has 0 unspecified atom stereocenters. The summed E-state index contributed by atoms with van der Waals surface area (Å²) in [5, 5.41) is 15.8. The molecule has 1 aromatic carbocycles. The molecule has 1 fully saturated rings. The number of nitrogens with one attached hydrogen (secondary N) is 2. The molecule has 162 valence electrons. The van der Waals surface area contributed by atoms with Crippen LogP contribution in [0.3, 0.4) is 0 Å². The Morgan fingerprint density at radius 2 is 1.93 bits per heavy atom. The van der Waals surface area contributed by atoms with Crippen LogP contribution in [0, 0.1) is 11.6 Å². The highest BCUT2D eigenvalue weighted by molar-refractivity contribution is 6.18. The lowest BCUT2D eigenvalue weighted by atomic mass is 9.92. The molecule has 0 amide bonds. The molecule has 2 aliphatic rings. The predicted octanol–water partition coefficient (Wildman–Crippen LogP) is 3.02. The van der Waals surface area contributed by atoms with Crippen molar-refractivity contribution in [3.63, 3.8) is 0 Å². The molecule has 1 saturated carbocycles. The molecular formula is C21H28F2N6O. The van der Waals surface area contributed by atoms with Gasteiger partial charge in [0.1, 0.15) is 28.8 Å². The zero-order chi connectivity index (χ0) is 21.8. The van der Waals surface area contributed by atoms with Crippen LogP contribution in [0.2, 0.25) is 0 Å². The van der Waals surface area contributed by atoms with Gasteiger partial charge in [-0.3, -0.25) is 4.90 Å². The number of guanidine groups is 1. The molecule has 3 rings (SSSR count). The van der Waals surface area contributed by atoms with Crippen molar-refractivity contribution in [2.45, 2.75) is 57.7 Å². The fourth-order valence-electron chi connectivity index (χ4n) is 3.64. The summed E-state index contributed by atoms with van der Waals surface area (Å²) in [5.41, 5.74) is 5.86. The van der Waals surface area contributed by atoms with Gasteiger partial charge in [-0.25, -0.2) is 18.8 Å². The van der Waals surface area contributed by atoms with Crippen molar-refractivity contribution in [2.24, 2.45) is 15.7 Å². The summed E-state index contributed by atoms with van der Waals surface area (Å²) >= 11 is 0. The fraction of sp³-hybridized carbons (Fsp3) is 0.429. The summed E-state index contributed by atoms with van der Waals surface area (Å²) in [5.74, 6) is -0.365. The van der Waals surface area contributed by atoms with Gasteiger partial charge in [-0.2, -0.15) is 0 Å². The number of amidine groups is 1. The van der Waals surface area contributed by atoms with Gasteiger partial charge in [0.05, 0.1) is 6.10 Å². The number of nitrogens with zero attached hydrogens (tertiary/aromatic N) is 3. The van der Waals surface area contributed by atoms with E-state index in [1.54, 1.807) is 4.90 Å². The van der Waals surface area contributed by atoms with Gasteiger partial charge in [-0.15, -0.1) is 0 Å². The Kier molecular flexibility index (Phi) is 6.71. The van der Waals surface area contributed by atoms with Crippen molar-refractivity contribution >= 4 is 17.5 Å². The SMILES string of the molecule is C=C(/N=C1\C(=C/N)N=C(Nc2c(F)cccc2F)N1[C@H]1CC[C@@H](O)CC1)NC(C)C. The Morgan fingerprint density at radius 1 is 1.30 bits per heavy atom. The number of hydrogen-bond acceptors (Lipinski definition) is 6. The Morgan fingerprint density at radius 3 is 2.50 bits per heavy atom. The number of aliphatic hydroxyl groups is 1. The maximum atomic E-state index is 14.3. The molecule has 0 atom stereocenters. The van der Waals surface area contributed by atoms with Crippen LogP contribution in [-0.4, -0.2) is 40.0 Å². The third-order valence-electron chi connectivity index (χ3n) is 5.00. The van der Waals surface area contributed by atoms with Crippen molar-refractivity contribution < 1.29 is 13.9 Å². The summed E-state index contributed by atoms with van der Waals surface area (Å²) in [6.45, 7) is 7.86.